The molecule has 1 aliphatic heterocycles. The molecule has 5 nitrogen and oxygen atoms in total. The number of likely N-dealkylation sites (tertiary alicyclic amines) is 1. The molecule has 19 heavy (non-hydrogen) atoms. The molecule has 2 rings (SSSR count). The lowest BCUT2D eigenvalue weighted by atomic mass is 9.83. The van der Waals surface area contributed by atoms with Gasteiger partial charge in [0.25, 0.3) is 0 Å². The molecule has 1 N–H and O–H groups in total. The maximum Gasteiger partial charge on any atom is 0.149 e. The van der Waals surface area contributed by atoms with Crippen molar-refractivity contribution in [3.8, 4) is 0 Å². The molecule has 2 aliphatic rings. The number of Topliss-reactive ketones (excluding diaryl/α,β-unsaturated/α-hetero) is 1. The van der Waals surface area contributed by atoms with Crippen molar-refractivity contribution in [2.45, 2.75) is 64.0 Å². The fourth-order valence-electron chi connectivity index (χ4n) is 3.34. The number of ketones is 1. The van der Waals surface area contributed by atoms with Gasteiger partial charge in [0, 0.05) is 18.0 Å². The highest BCUT2D eigenvalue weighted by Gasteiger charge is 2.29. The van der Waals surface area contributed by atoms with Crippen molar-refractivity contribution >= 4 is 5.78 Å². The molecule has 1 saturated carbocycles. The van der Waals surface area contributed by atoms with Gasteiger partial charge in [0.05, 0.1) is 6.54 Å². The molecule has 0 radical (unpaired) electrons. The van der Waals surface area contributed by atoms with Crippen molar-refractivity contribution in [3.05, 3.63) is 5.21 Å². The highest BCUT2D eigenvalue weighted by atomic mass is 16.8. The Morgan fingerprint density at radius 2 is 1.95 bits per heavy atom. The summed E-state index contributed by atoms with van der Waals surface area (Å²) in [7, 11) is 0. The van der Waals surface area contributed by atoms with E-state index in [1.54, 1.807) is 0 Å². The molecule has 0 bridgehead atoms. The van der Waals surface area contributed by atoms with Crippen LogP contribution in [0.25, 0.3) is 0 Å². The van der Waals surface area contributed by atoms with Gasteiger partial charge < -0.3 is 10.4 Å². The SMILES string of the molecule is CC1CCCCN1CC(=O)C1CCC(N([O-])O)CC1. The summed E-state index contributed by atoms with van der Waals surface area (Å²) in [5.41, 5.74) is 0. The van der Waals surface area contributed by atoms with Crippen molar-refractivity contribution in [1.82, 2.24) is 10.1 Å². The Morgan fingerprint density at radius 3 is 2.53 bits per heavy atom. The molecular weight excluding hydrogens is 244 g/mol. The van der Waals surface area contributed by atoms with E-state index in [9.17, 15) is 10.0 Å². The van der Waals surface area contributed by atoms with Crippen molar-refractivity contribution in [2.24, 2.45) is 5.92 Å². The Bertz CT molecular complexity index is 301. The van der Waals surface area contributed by atoms with E-state index < -0.39 is 0 Å². The van der Waals surface area contributed by atoms with E-state index in [1.807, 2.05) is 0 Å². The molecule has 0 aromatic rings. The normalized spacial score (nSPS) is 33.6. The number of hydrogen-bond donors (Lipinski definition) is 1. The minimum Gasteiger partial charge on any atom is -0.762 e. The molecule has 1 saturated heterocycles. The highest BCUT2D eigenvalue weighted by molar-refractivity contribution is 5.83. The summed E-state index contributed by atoms with van der Waals surface area (Å²) in [6.45, 7) is 3.80. The van der Waals surface area contributed by atoms with Crippen LogP contribution in [0.15, 0.2) is 0 Å². The fourth-order valence-corrected chi connectivity index (χ4v) is 3.34. The van der Waals surface area contributed by atoms with Crippen molar-refractivity contribution < 1.29 is 10.0 Å². The van der Waals surface area contributed by atoms with Crippen LogP contribution in [0.2, 0.25) is 0 Å². The molecule has 1 aliphatic carbocycles. The van der Waals surface area contributed by atoms with Crippen molar-refractivity contribution in [2.75, 3.05) is 13.1 Å². The summed E-state index contributed by atoms with van der Waals surface area (Å²) >= 11 is 0. The second-order valence-electron chi connectivity index (χ2n) is 6.09. The summed E-state index contributed by atoms with van der Waals surface area (Å²) in [5.74, 6) is 0.410. The van der Waals surface area contributed by atoms with E-state index in [1.165, 1.54) is 19.3 Å². The first kappa shape index (κ1) is 14.9. The molecular formula is C14H25N2O3-. The van der Waals surface area contributed by atoms with Crippen LogP contribution in [0.4, 0.5) is 0 Å². The monoisotopic (exact) mass is 269 g/mol. The van der Waals surface area contributed by atoms with Gasteiger partial charge in [-0.3, -0.25) is 14.9 Å². The summed E-state index contributed by atoms with van der Waals surface area (Å²) in [6.07, 6.45) is 6.40. The zero-order valence-corrected chi connectivity index (χ0v) is 11.8. The Balaban J connectivity index is 1.78. The molecule has 0 aromatic carbocycles. The number of carbonyl (C=O) groups is 1. The van der Waals surface area contributed by atoms with Gasteiger partial charge in [-0.15, -0.1) is 0 Å². The molecule has 1 heterocycles. The van der Waals surface area contributed by atoms with Crippen LogP contribution in [0.5, 0.6) is 0 Å². The standard InChI is InChI=1S/C14H25N2O3/c1-11-4-2-3-9-15(11)10-14(17)12-5-7-13(8-6-12)16(18)19/h11-13,18H,2-10H2,1H3/q-1. The zero-order valence-electron chi connectivity index (χ0n) is 11.8. The van der Waals surface area contributed by atoms with Gasteiger partial charge in [-0.25, -0.2) is 0 Å². The van der Waals surface area contributed by atoms with E-state index >= 15 is 0 Å². The van der Waals surface area contributed by atoms with E-state index in [-0.39, 0.29) is 17.2 Å². The van der Waals surface area contributed by atoms with Gasteiger partial charge in [-0.2, -0.15) is 0 Å². The van der Waals surface area contributed by atoms with Gasteiger partial charge in [-0.05, 0) is 52.0 Å². The molecule has 2 fully saturated rings. The third kappa shape index (κ3) is 3.99. The quantitative estimate of drug-likeness (QED) is 0.792. The topological polar surface area (TPSA) is 66.8 Å². The first-order chi connectivity index (χ1) is 9.08. The van der Waals surface area contributed by atoms with Crippen LogP contribution in [-0.2, 0) is 4.79 Å². The van der Waals surface area contributed by atoms with Crippen molar-refractivity contribution in [1.29, 1.82) is 0 Å². The third-order valence-corrected chi connectivity index (χ3v) is 4.76. The average molecular weight is 269 g/mol. The Hall–Kier alpha value is -0.490. The number of rotatable bonds is 4. The summed E-state index contributed by atoms with van der Waals surface area (Å²) in [5, 5.41) is 19.8. The number of nitrogens with zero attached hydrogens (tertiary/aromatic N) is 2. The summed E-state index contributed by atoms with van der Waals surface area (Å²) in [6, 6.07) is 0.210. The van der Waals surface area contributed by atoms with Crippen molar-refractivity contribution in [3.63, 3.8) is 0 Å². The first-order valence-corrected chi connectivity index (χ1v) is 7.50. The van der Waals surface area contributed by atoms with Crippen LogP contribution in [0, 0.1) is 11.1 Å². The van der Waals surface area contributed by atoms with Crippen LogP contribution in [-0.4, -0.2) is 46.3 Å². The summed E-state index contributed by atoms with van der Waals surface area (Å²) in [4.78, 5) is 14.6. The number of piperidine rings is 1. The molecule has 0 spiro atoms. The Labute approximate surface area is 115 Å². The van der Waals surface area contributed by atoms with Gasteiger partial charge >= 0.3 is 0 Å². The van der Waals surface area contributed by atoms with E-state index in [4.69, 9.17) is 5.21 Å². The largest absolute Gasteiger partial charge is 0.762 e. The molecule has 1 atom stereocenters. The Kier molecular flexibility index (Phi) is 5.33. The van der Waals surface area contributed by atoms with E-state index in [2.05, 4.69) is 11.8 Å². The minimum atomic E-state index is -0.307. The second-order valence-corrected chi connectivity index (χ2v) is 6.09. The molecule has 5 heteroatoms. The lowest BCUT2D eigenvalue weighted by Crippen LogP contribution is -2.43. The van der Waals surface area contributed by atoms with Crippen LogP contribution >= 0.6 is 0 Å². The second kappa shape index (κ2) is 6.79. The minimum absolute atomic E-state index is 0.0629. The lowest BCUT2D eigenvalue weighted by molar-refractivity contribution is -0.128. The fraction of sp³-hybridized carbons (Fsp3) is 0.929. The van der Waals surface area contributed by atoms with Gasteiger partial charge in [0.15, 0.2) is 0 Å². The predicted octanol–water partition coefficient (Wildman–Crippen LogP) is 2.18. The molecule has 0 aromatic heterocycles. The Morgan fingerprint density at radius 1 is 1.26 bits per heavy atom. The third-order valence-electron chi connectivity index (χ3n) is 4.76. The van der Waals surface area contributed by atoms with Gasteiger partial charge in [0.1, 0.15) is 5.78 Å². The smallest absolute Gasteiger partial charge is 0.149 e. The van der Waals surface area contributed by atoms with Crippen LogP contribution in [0.1, 0.15) is 51.9 Å². The average Bonchev–Trinajstić information content (AvgIpc) is 2.41. The number of hydroxylamine groups is 2. The van der Waals surface area contributed by atoms with E-state index in [0.717, 1.165) is 19.4 Å². The van der Waals surface area contributed by atoms with Crippen LogP contribution in [0.3, 0.4) is 0 Å². The maximum absolute atomic E-state index is 12.3. The first-order valence-electron chi connectivity index (χ1n) is 7.50. The molecule has 110 valence electrons. The summed E-state index contributed by atoms with van der Waals surface area (Å²) < 4.78 is 0. The highest BCUT2D eigenvalue weighted by Crippen LogP contribution is 2.28. The predicted molar refractivity (Wildman–Crippen MR) is 72.6 cm³/mol. The maximum atomic E-state index is 12.3. The zero-order chi connectivity index (χ0) is 13.8. The number of carbonyl (C=O) groups excluding carboxylic acids is 1. The van der Waals surface area contributed by atoms with Gasteiger partial charge in [0.2, 0.25) is 0 Å². The molecule has 0 amide bonds. The van der Waals surface area contributed by atoms with Crippen LogP contribution < -0.4 is 0 Å². The van der Waals surface area contributed by atoms with Gasteiger partial charge in [-0.1, -0.05) is 6.42 Å². The van der Waals surface area contributed by atoms with E-state index in [0.29, 0.717) is 31.2 Å². The molecule has 1 unspecified atom stereocenters. The lowest BCUT2D eigenvalue weighted by Gasteiger charge is -2.37. The number of hydrogen-bond acceptors (Lipinski definition) is 5.